The summed E-state index contributed by atoms with van der Waals surface area (Å²) in [7, 11) is 1.98. The Labute approximate surface area is 157 Å². The minimum absolute atomic E-state index is 0.118. The van der Waals surface area contributed by atoms with Crippen LogP contribution in [0.15, 0.2) is 43.0 Å². The molecule has 27 heavy (non-hydrogen) atoms. The van der Waals surface area contributed by atoms with Gasteiger partial charge < -0.3 is 14.6 Å². The molecule has 7 heteroatoms. The summed E-state index contributed by atoms with van der Waals surface area (Å²) < 4.78 is 1.98. The molecule has 4 rings (SSSR count). The van der Waals surface area contributed by atoms with Gasteiger partial charge in [0.25, 0.3) is 0 Å². The van der Waals surface area contributed by atoms with E-state index in [-0.39, 0.29) is 5.75 Å². The first kappa shape index (κ1) is 17.0. The summed E-state index contributed by atoms with van der Waals surface area (Å²) in [6.45, 7) is 9.27. The molecule has 0 amide bonds. The third-order valence-corrected chi connectivity index (χ3v) is 5.09. The summed E-state index contributed by atoms with van der Waals surface area (Å²) in [6.07, 6.45) is 6.78. The third kappa shape index (κ3) is 3.22. The largest absolute Gasteiger partial charge is 0.506 e. The maximum absolute atomic E-state index is 9.82. The average Bonchev–Trinajstić information content (AvgIpc) is 3.13. The van der Waals surface area contributed by atoms with Gasteiger partial charge in [-0.05, 0) is 24.5 Å². The molecule has 2 aromatic heterocycles. The third-order valence-electron chi connectivity index (χ3n) is 5.09. The number of piperidine rings is 1. The molecule has 0 radical (unpaired) electrons. The van der Waals surface area contributed by atoms with E-state index in [1.165, 1.54) is 6.20 Å². The highest BCUT2D eigenvalue weighted by atomic mass is 16.3. The molecule has 3 heterocycles. The summed E-state index contributed by atoms with van der Waals surface area (Å²) in [6, 6.07) is 7.39. The zero-order valence-corrected chi connectivity index (χ0v) is 15.1. The van der Waals surface area contributed by atoms with Crippen molar-refractivity contribution in [3.05, 3.63) is 60.2 Å². The molecule has 1 aromatic carbocycles. The summed E-state index contributed by atoms with van der Waals surface area (Å²) in [5, 5.41) is 18.1. The lowest BCUT2D eigenvalue weighted by atomic mass is 9.94. The molecule has 1 aliphatic heterocycles. The van der Waals surface area contributed by atoms with Crippen LogP contribution in [-0.4, -0.2) is 37.9 Å². The second-order valence-electron chi connectivity index (χ2n) is 6.78. The molecule has 136 valence electrons. The summed E-state index contributed by atoms with van der Waals surface area (Å²) >= 11 is 0. The maximum Gasteiger partial charge on any atom is 0.210 e. The first-order valence-corrected chi connectivity index (χ1v) is 8.91. The Hall–Kier alpha value is -3.40. The highest BCUT2D eigenvalue weighted by molar-refractivity contribution is 5.88. The van der Waals surface area contributed by atoms with E-state index >= 15 is 0 Å². The van der Waals surface area contributed by atoms with Gasteiger partial charge in [-0.3, -0.25) is 4.98 Å². The van der Waals surface area contributed by atoms with Gasteiger partial charge in [0.1, 0.15) is 17.9 Å². The number of aromatic hydroxyl groups is 1. The molecule has 1 saturated heterocycles. The van der Waals surface area contributed by atoms with E-state index in [9.17, 15) is 5.11 Å². The fourth-order valence-corrected chi connectivity index (χ4v) is 3.78. The topological polar surface area (TPSA) is 71.4 Å². The first-order chi connectivity index (χ1) is 13.2. The normalized spacial score (nSPS) is 14.9. The van der Waals surface area contributed by atoms with E-state index in [1.54, 1.807) is 18.6 Å². The lowest BCUT2D eigenvalue weighted by Gasteiger charge is -2.35. The Morgan fingerprint density at radius 1 is 1.22 bits per heavy atom. The fraction of sp³-hybridized carbons (Fsp3) is 0.300. The van der Waals surface area contributed by atoms with Gasteiger partial charge in [-0.25, -0.2) is 4.85 Å². The minimum atomic E-state index is 0.118. The zero-order chi connectivity index (χ0) is 18.8. The van der Waals surface area contributed by atoms with Gasteiger partial charge in [-0.1, -0.05) is 18.2 Å². The smallest absolute Gasteiger partial charge is 0.210 e. The molecule has 1 N–H and O–H groups in total. The first-order valence-electron chi connectivity index (χ1n) is 8.91. The molecule has 0 saturated carbocycles. The zero-order valence-electron chi connectivity index (χ0n) is 15.1. The number of nitrogens with zero attached hydrogens (tertiary/aromatic N) is 6. The molecule has 1 fully saturated rings. The second kappa shape index (κ2) is 7.08. The molecular formula is C20H20N6O. The van der Waals surface area contributed by atoms with Gasteiger partial charge in [0, 0.05) is 43.5 Å². The van der Waals surface area contributed by atoms with Crippen LogP contribution < -0.4 is 4.90 Å². The van der Waals surface area contributed by atoms with Crippen LogP contribution in [0.25, 0.3) is 16.0 Å². The van der Waals surface area contributed by atoms with E-state index in [2.05, 4.69) is 24.9 Å². The van der Waals surface area contributed by atoms with Crippen molar-refractivity contribution in [2.45, 2.75) is 18.8 Å². The minimum Gasteiger partial charge on any atom is -0.506 e. The van der Waals surface area contributed by atoms with Crippen molar-refractivity contribution in [3.63, 3.8) is 0 Å². The molecule has 0 bridgehead atoms. The SMILES string of the molecule is [C-]#[N+]c1cccc(-c2cncc(O)c2)c1N1CCC(c2nncn2C)CC1. The molecule has 0 spiro atoms. The number of rotatable bonds is 3. The average molecular weight is 360 g/mol. The van der Waals surface area contributed by atoms with E-state index in [4.69, 9.17) is 6.57 Å². The van der Waals surface area contributed by atoms with E-state index in [0.29, 0.717) is 11.6 Å². The van der Waals surface area contributed by atoms with Crippen molar-refractivity contribution in [2.24, 2.45) is 7.05 Å². The lowest BCUT2D eigenvalue weighted by Crippen LogP contribution is -2.34. The van der Waals surface area contributed by atoms with Crippen molar-refractivity contribution < 1.29 is 5.11 Å². The predicted molar refractivity (Wildman–Crippen MR) is 103 cm³/mol. The summed E-state index contributed by atoms with van der Waals surface area (Å²) in [5.41, 5.74) is 3.26. The number of anilines is 1. The monoisotopic (exact) mass is 360 g/mol. The van der Waals surface area contributed by atoms with Crippen molar-refractivity contribution in [2.75, 3.05) is 18.0 Å². The number of benzene rings is 1. The molecular weight excluding hydrogens is 340 g/mol. The van der Waals surface area contributed by atoms with Crippen molar-refractivity contribution in [1.29, 1.82) is 0 Å². The quantitative estimate of drug-likeness (QED) is 0.724. The number of aromatic nitrogens is 4. The van der Waals surface area contributed by atoms with Crippen molar-refractivity contribution in [1.82, 2.24) is 19.7 Å². The number of hydrogen-bond donors (Lipinski definition) is 1. The molecule has 3 aromatic rings. The second-order valence-corrected chi connectivity index (χ2v) is 6.78. The van der Waals surface area contributed by atoms with Gasteiger partial charge >= 0.3 is 0 Å². The standard InChI is InChI=1S/C20H20N6O/c1-21-18-5-3-4-17(15-10-16(27)12-22-11-15)19(18)26-8-6-14(7-9-26)20-24-23-13-25(20)2/h3-5,10-14,27H,6-9H2,2H3. The van der Waals surface area contributed by atoms with Crippen molar-refractivity contribution in [3.8, 4) is 16.9 Å². The van der Waals surface area contributed by atoms with Crippen LogP contribution in [-0.2, 0) is 7.05 Å². The van der Waals surface area contributed by atoms with Crippen LogP contribution >= 0.6 is 0 Å². The van der Waals surface area contributed by atoms with Crippen LogP contribution in [0, 0.1) is 6.57 Å². The van der Waals surface area contributed by atoms with Gasteiger partial charge in [0.05, 0.1) is 12.8 Å². The van der Waals surface area contributed by atoms with Gasteiger partial charge in [-0.15, -0.1) is 10.2 Å². The van der Waals surface area contributed by atoms with Crippen molar-refractivity contribution >= 4 is 11.4 Å². The van der Waals surface area contributed by atoms with Gasteiger partial charge in [0.15, 0.2) is 0 Å². The van der Waals surface area contributed by atoms with E-state index in [0.717, 1.165) is 48.6 Å². The Morgan fingerprint density at radius 3 is 2.70 bits per heavy atom. The van der Waals surface area contributed by atoms with Gasteiger partial charge in [0.2, 0.25) is 5.69 Å². The molecule has 7 nitrogen and oxygen atoms in total. The highest BCUT2D eigenvalue weighted by Crippen LogP contribution is 2.41. The maximum atomic E-state index is 9.82. The molecule has 0 aliphatic carbocycles. The molecule has 0 unspecified atom stereocenters. The van der Waals surface area contributed by atoms with Crippen LogP contribution in [0.5, 0.6) is 5.75 Å². The Kier molecular flexibility index (Phi) is 4.47. The van der Waals surface area contributed by atoms with Crippen LogP contribution in [0.1, 0.15) is 24.6 Å². The number of hydrogen-bond acceptors (Lipinski definition) is 5. The molecule has 0 atom stereocenters. The van der Waals surface area contributed by atoms with E-state index in [1.807, 2.05) is 29.8 Å². The number of pyridine rings is 1. The Morgan fingerprint density at radius 2 is 2.04 bits per heavy atom. The van der Waals surface area contributed by atoms with Gasteiger partial charge in [-0.2, -0.15) is 0 Å². The van der Waals surface area contributed by atoms with Crippen LogP contribution in [0.3, 0.4) is 0 Å². The Bertz CT molecular complexity index is 998. The van der Waals surface area contributed by atoms with E-state index < -0.39 is 0 Å². The fourth-order valence-electron chi connectivity index (χ4n) is 3.78. The lowest BCUT2D eigenvalue weighted by molar-refractivity contribution is 0.472. The highest BCUT2D eigenvalue weighted by Gasteiger charge is 2.26. The molecule has 1 aliphatic rings. The van der Waals surface area contributed by atoms with Crippen LogP contribution in [0.2, 0.25) is 0 Å². The predicted octanol–water partition coefficient (Wildman–Crippen LogP) is 3.52. The Balaban J connectivity index is 1.66. The summed E-state index contributed by atoms with van der Waals surface area (Å²) in [4.78, 5) is 10.1. The summed E-state index contributed by atoms with van der Waals surface area (Å²) in [5.74, 6) is 1.51. The number of para-hydroxylation sites is 1. The van der Waals surface area contributed by atoms with Crippen LogP contribution in [0.4, 0.5) is 11.4 Å². The number of aryl methyl sites for hydroxylation is 1.